The third kappa shape index (κ3) is 7.17. The van der Waals surface area contributed by atoms with Crippen molar-refractivity contribution in [1.82, 2.24) is 10.2 Å². The summed E-state index contributed by atoms with van der Waals surface area (Å²) in [7, 11) is 0. The van der Waals surface area contributed by atoms with Gasteiger partial charge >= 0.3 is 5.97 Å². The number of hydrogen-bond acceptors (Lipinski definition) is 5. The van der Waals surface area contributed by atoms with Crippen LogP contribution in [0.3, 0.4) is 0 Å². The van der Waals surface area contributed by atoms with E-state index in [9.17, 15) is 14.7 Å². The zero-order valence-corrected chi connectivity index (χ0v) is 22.9. The van der Waals surface area contributed by atoms with Gasteiger partial charge in [0.05, 0.1) is 0 Å². The maximum absolute atomic E-state index is 13.3. The Kier molecular flexibility index (Phi) is 9.85. The number of ether oxygens (including phenoxy) is 1. The van der Waals surface area contributed by atoms with Crippen molar-refractivity contribution in [2.24, 2.45) is 0 Å². The van der Waals surface area contributed by atoms with Crippen LogP contribution in [0, 0.1) is 6.92 Å². The Bertz CT molecular complexity index is 1230. The molecular weight excluding hydrogens is 496 g/mol. The molecule has 1 fully saturated rings. The predicted molar refractivity (Wildman–Crippen MR) is 154 cm³/mol. The average Bonchev–Trinajstić information content (AvgIpc) is 3.37. The Balaban J connectivity index is 1.56. The summed E-state index contributed by atoms with van der Waals surface area (Å²) in [6, 6.07) is 23.2. The van der Waals surface area contributed by atoms with Crippen molar-refractivity contribution in [3.63, 3.8) is 0 Å². The first-order valence-corrected chi connectivity index (χ1v) is 14.5. The Labute approximate surface area is 229 Å². The predicted octanol–water partition coefficient (Wildman–Crippen LogP) is 5.64. The number of aliphatic carboxylic acids is 1. The fourth-order valence-electron chi connectivity index (χ4n) is 4.95. The summed E-state index contributed by atoms with van der Waals surface area (Å²) in [6.07, 6.45) is 4.51. The number of nitrogens with zero attached hydrogens (tertiary/aromatic N) is 1. The molecule has 1 saturated heterocycles. The molecule has 0 aliphatic carbocycles. The Morgan fingerprint density at radius 3 is 2.58 bits per heavy atom. The average molecular weight is 533 g/mol. The number of para-hydroxylation sites is 1. The summed E-state index contributed by atoms with van der Waals surface area (Å²) < 4.78 is 6.06. The first-order valence-electron chi connectivity index (χ1n) is 13.1. The molecule has 6 nitrogen and oxygen atoms in total. The highest BCUT2D eigenvalue weighted by Gasteiger charge is 2.26. The summed E-state index contributed by atoms with van der Waals surface area (Å²) in [5.41, 5.74) is 4.46. The number of carbonyl (C=O) groups is 2. The maximum atomic E-state index is 13.3. The summed E-state index contributed by atoms with van der Waals surface area (Å²) >= 11 is 1.56. The van der Waals surface area contributed by atoms with Gasteiger partial charge in [0.1, 0.15) is 18.4 Å². The van der Waals surface area contributed by atoms with Crippen LogP contribution in [0.4, 0.5) is 0 Å². The molecule has 0 aromatic heterocycles. The molecule has 38 heavy (non-hydrogen) atoms. The quantitative estimate of drug-likeness (QED) is 0.314. The van der Waals surface area contributed by atoms with E-state index in [-0.39, 0.29) is 5.91 Å². The number of carboxylic acids is 1. The van der Waals surface area contributed by atoms with Gasteiger partial charge in [-0.15, -0.1) is 0 Å². The minimum atomic E-state index is -1.01. The number of carboxylic acid groups (broad SMARTS) is 1. The van der Waals surface area contributed by atoms with Crippen molar-refractivity contribution in [3.05, 3.63) is 89.5 Å². The molecule has 2 atom stereocenters. The number of carbonyl (C=O) groups excluding carboxylic acids is 1. The van der Waals surface area contributed by atoms with Crippen LogP contribution in [0.25, 0.3) is 11.1 Å². The lowest BCUT2D eigenvalue weighted by Crippen LogP contribution is -2.41. The van der Waals surface area contributed by atoms with Crippen LogP contribution in [-0.2, 0) is 11.3 Å². The van der Waals surface area contributed by atoms with Gasteiger partial charge in [0.15, 0.2) is 0 Å². The lowest BCUT2D eigenvalue weighted by atomic mass is 9.93. The lowest BCUT2D eigenvalue weighted by Gasteiger charge is -2.25. The Morgan fingerprint density at radius 1 is 1.08 bits per heavy atom. The third-order valence-electron chi connectivity index (χ3n) is 7.05. The summed E-state index contributed by atoms with van der Waals surface area (Å²) in [6.45, 7) is 4.43. The smallest absolute Gasteiger partial charge is 0.326 e. The molecule has 3 aromatic rings. The molecule has 0 spiro atoms. The van der Waals surface area contributed by atoms with Crippen LogP contribution < -0.4 is 10.1 Å². The van der Waals surface area contributed by atoms with E-state index in [0.29, 0.717) is 30.4 Å². The van der Waals surface area contributed by atoms with Gasteiger partial charge in [-0.3, -0.25) is 9.69 Å². The number of nitrogens with one attached hydrogen (secondary N) is 1. The van der Waals surface area contributed by atoms with Crippen LogP contribution in [0.5, 0.6) is 5.75 Å². The molecule has 0 bridgehead atoms. The topological polar surface area (TPSA) is 78.9 Å². The van der Waals surface area contributed by atoms with E-state index < -0.39 is 12.0 Å². The highest BCUT2D eigenvalue weighted by atomic mass is 32.2. The van der Waals surface area contributed by atoms with E-state index in [4.69, 9.17) is 4.74 Å². The van der Waals surface area contributed by atoms with Crippen LogP contribution in [0.1, 0.15) is 40.7 Å². The first kappa shape index (κ1) is 27.7. The third-order valence-corrected chi connectivity index (χ3v) is 7.69. The Morgan fingerprint density at radius 2 is 1.84 bits per heavy atom. The largest absolute Gasteiger partial charge is 0.492 e. The van der Waals surface area contributed by atoms with Gasteiger partial charge in [-0.2, -0.15) is 11.8 Å². The highest BCUT2D eigenvalue weighted by Crippen LogP contribution is 2.30. The fourth-order valence-corrected chi connectivity index (χ4v) is 5.42. The molecule has 200 valence electrons. The summed E-state index contributed by atoms with van der Waals surface area (Å²) in [5.74, 6) is 0.165. The summed E-state index contributed by atoms with van der Waals surface area (Å²) in [4.78, 5) is 27.6. The molecular formula is C31H36N2O4S. The molecule has 3 aromatic carbocycles. The first-order chi connectivity index (χ1) is 18.5. The standard InChI is InChI=1S/C31H36N2O4S/c1-22-9-6-7-13-26(22)28-19-23(14-15-27(28)30(34)32-29(31(35)36)16-18-38-2)20-33-17-8-10-24(33)21-37-25-11-4-3-5-12-25/h3-7,9,11-15,19,24,29H,8,10,16-18,20-21H2,1-2H3,(H,32,34)(H,35,36)/t24-,29+/m1/s1. The normalized spacial score (nSPS) is 16.2. The number of likely N-dealkylation sites (tertiary alicyclic amines) is 1. The van der Waals surface area contributed by atoms with E-state index in [1.165, 1.54) is 0 Å². The second-order valence-corrected chi connectivity index (χ2v) is 10.7. The molecule has 1 aliphatic heterocycles. The van der Waals surface area contributed by atoms with Crippen molar-refractivity contribution in [2.45, 2.75) is 44.8 Å². The van der Waals surface area contributed by atoms with Crippen LogP contribution >= 0.6 is 11.8 Å². The lowest BCUT2D eigenvalue weighted by molar-refractivity contribution is -0.139. The Hall–Kier alpha value is -3.29. The number of aryl methyl sites for hydroxylation is 1. The molecule has 7 heteroatoms. The van der Waals surface area contributed by atoms with Crippen molar-refractivity contribution < 1.29 is 19.4 Å². The second-order valence-electron chi connectivity index (χ2n) is 9.73. The SMILES string of the molecule is CSCC[C@H](NC(=O)c1ccc(CN2CCC[C@@H]2COc2ccccc2)cc1-c1ccccc1C)C(=O)O. The van der Waals surface area contributed by atoms with E-state index in [1.807, 2.05) is 79.9 Å². The van der Waals surface area contributed by atoms with Crippen molar-refractivity contribution in [2.75, 3.05) is 25.2 Å². The number of thioether (sulfide) groups is 1. The number of amides is 1. The van der Waals surface area contributed by atoms with E-state index in [0.717, 1.165) is 53.9 Å². The van der Waals surface area contributed by atoms with Gasteiger partial charge in [0.2, 0.25) is 0 Å². The molecule has 2 N–H and O–H groups in total. The summed E-state index contributed by atoms with van der Waals surface area (Å²) in [5, 5.41) is 12.4. The number of rotatable bonds is 12. The minimum Gasteiger partial charge on any atom is -0.492 e. The second kappa shape index (κ2) is 13.5. The fraction of sp³-hybridized carbons (Fsp3) is 0.355. The monoisotopic (exact) mass is 532 g/mol. The molecule has 0 saturated carbocycles. The van der Waals surface area contributed by atoms with Crippen molar-refractivity contribution in [1.29, 1.82) is 0 Å². The van der Waals surface area contributed by atoms with Crippen molar-refractivity contribution >= 4 is 23.6 Å². The molecule has 1 aliphatic rings. The number of hydrogen-bond donors (Lipinski definition) is 2. The van der Waals surface area contributed by atoms with Crippen molar-refractivity contribution in [3.8, 4) is 16.9 Å². The van der Waals surface area contributed by atoms with Crippen LogP contribution in [0.15, 0.2) is 72.8 Å². The zero-order chi connectivity index (χ0) is 26.9. The van der Waals surface area contributed by atoms with Gasteiger partial charge in [-0.25, -0.2) is 4.79 Å². The molecule has 1 amide bonds. The van der Waals surface area contributed by atoms with Gasteiger partial charge in [0.25, 0.3) is 5.91 Å². The van der Waals surface area contributed by atoms with E-state index in [2.05, 4.69) is 16.3 Å². The highest BCUT2D eigenvalue weighted by molar-refractivity contribution is 7.98. The van der Waals surface area contributed by atoms with Gasteiger partial charge in [-0.1, -0.05) is 48.5 Å². The zero-order valence-electron chi connectivity index (χ0n) is 22.1. The molecule has 0 unspecified atom stereocenters. The number of benzene rings is 3. The van der Waals surface area contributed by atoms with Crippen LogP contribution in [0.2, 0.25) is 0 Å². The van der Waals surface area contributed by atoms with Gasteiger partial charge < -0.3 is 15.2 Å². The molecule has 1 heterocycles. The van der Waals surface area contributed by atoms with Gasteiger partial charge in [-0.05, 0) is 91.3 Å². The van der Waals surface area contributed by atoms with E-state index in [1.54, 1.807) is 11.8 Å². The maximum Gasteiger partial charge on any atom is 0.326 e. The van der Waals surface area contributed by atoms with E-state index >= 15 is 0 Å². The molecule has 4 rings (SSSR count). The van der Waals surface area contributed by atoms with Gasteiger partial charge in [0, 0.05) is 18.2 Å². The van der Waals surface area contributed by atoms with Crippen LogP contribution in [-0.4, -0.2) is 59.1 Å². The minimum absolute atomic E-state index is 0.327. The molecule has 0 radical (unpaired) electrons.